The average Bonchev–Trinajstić information content (AvgIpc) is 3.07. The van der Waals surface area contributed by atoms with Crippen LogP contribution in [-0.4, -0.2) is 22.4 Å². The van der Waals surface area contributed by atoms with Crippen LogP contribution in [0, 0.1) is 5.82 Å². The number of hydrogen-bond donors (Lipinski definition) is 2. The fourth-order valence-corrected chi connectivity index (χ4v) is 3.06. The van der Waals surface area contributed by atoms with Gasteiger partial charge in [0.1, 0.15) is 5.82 Å². The maximum absolute atomic E-state index is 12.8. The Bertz CT molecular complexity index is 848. The number of nitrogen functional groups attached to an aromatic ring is 1. The van der Waals surface area contributed by atoms with Gasteiger partial charge in [-0.15, -0.1) is 11.3 Å². The van der Waals surface area contributed by atoms with Gasteiger partial charge in [-0.25, -0.2) is 14.4 Å². The van der Waals surface area contributed by atoms with E-state index >= 15 is 0 Å². The molecule has 0 saturated heterocycles. The third kappa shape index (κ3) is 3.94. The molecule has 0 atom stereocenters. The monoisotopic (exact) mass is 342 g/mol. The van der Waals surface area contributed by atoms with E-state index in [0.29, 0.717) is 23.5 Å². The summed E-state index contributed by atoms with van der Waals surface area (Å²) >= 11 is 1.34. The predicted molar refractivity (Wildman–Crippen MR) is 92.2 cm³/mol. The van der Waals surface area contributed by atoms with E-state index in [1.807, 2.05) is 6.07 Å². The molecular weight excluding hydrogens is 327 g/mol. The number of benzene rings is 1. The van der Waals surface area contributed by atoms with Crippen molar-refractivity contribution in [1.82, 2.24) is 15.3 Å². The van der Waals surface area contributed by atoms with Crippen LogP contribution in [0.15, 0.2) is 48.7 Å². The highest BCUT2D eigenvalue weighted by molar-refractivity contribution is 7.17. The van der Waals surface area contributed by atoms with Gasteiger partial charge >= 0.3 is 0 Å². The van der Waals surface area contributed by atoms with E-state index in [2.05, 4.69) is 15.3 Å². The highest BCUT2D eigenvalue weighted by atomic mass is 32.1. The van der Waals surface area contributed by atoms with Gasteiger partial charge < -0.3 is 11.1 Å². The zero-order valence-corrected chi connectivity index (χ0v) is 13.5. The van der Waals surface area contributed by atoms with Crippen molar-refractivity contribution in [3.05, 3.63) is 64.9 Å². The molecule has 0 aliphatic heterocycles. The van der Waals surface area contributed by atoms with Crippen LogP contribution in [0.1, 0.15) is 15.2 Å². The number of anilines is 1. The SMILES string of the molecule is Nc1nccc(-c2ccc(C(=O)NCCc3ccc(F)cc3)s2)n1. The second-order valence-corrected chi connectivity index (χ2v) is 6.18. The molecule has 0 bridgehead atoms. The topological polar surface area (TPSA) is 80.9 Å². The zero-order valence-electron chi connectivity index (χ0n) is 12.7. The van der Waals surface area contributed by atoms with Gasteiger partial charge in [-0.2, -0.15) is 0 Å². The molecule has 1 aromatic carbocycles. The minimum absolute atomic E-state index is 0.143. The fourth-order valence-electron chi connectivity index (χ4n) is 2.17. The molecule has 0 aliphatic carbocycles. The van der Waals surface area contributed by atoms with Gasteiger partial charge in [0, 0.05) is 12.7 Å². The second kappa shape index (κ2) is 7.18. The summed E-state index contributed by atoms with van der Waals surface area (Å²) in [6.07, 6.45) is 2.23. The molecule has 0 saturated carbocycles. The number of nitrogens with one attached hydrogen (secondary N) is 1. The molecule has 24 heavy (non-hydrogen) atoms. The summed E-state index contributed by atoms with van der Waals surface area (Å²) in [6.45, 7) is 0.484. The van der Waals surface area contributed by atoms with Crippen molar-refractivity contribution < 1.29 is 9.18 Å². The summed E-state index contributed by atoms with van der Waals surface area (Å²) in [5, 5.41) is 2.86. The second-order valence-electron chi connectivity index (χ2n) is 5.10. The van der Waals surface area contributed by atoms with Crippen LogP contribution in [0.2, 0.25) is 0 Å². The number of halogens is 1. The van der Waals surface area contributed by atoms with Gasteiger partial charge in [0.05, 0.1) is 15.4 Å². The standard InChI is InChI=1S/C17H15FN4OS/c18-12-3-1-11(2-4-12)7-9-20-16(23)15-6-5-14(24-15)13-8-10-21-17(19)22-13/h1-6,8,10H,7,9H2,(H,20,23)(H2,19,21,22). The smallest absolute Gasteiger partial charge is 0.261 e. The number of nitrogens with zero attached hydrogens (tertiary/aromatic N) is 2. The first-order chi connectivity index (χ1) is 11.6. The van der Waals surface area contributed by atoms with Gasteiger partial charge in [0.2, 0.25) is 5.95 Å². The molecule has 3 aromatic rings. The molecule has 1 amide bonds. The lowest BCUT2D eigenvalue weighted by atomic mass is 10.1. The Morgan fingerprint density at radius 3 is 2.71 bits per heavy atom. The Morgan fingerprint density at radius 2 is 1.96 bits per heavy atom. The molecule has 0 radical (unpaired) electrons. The summed E-state index contributed by atoms with van der Waals surface area (Å²) in [7, 11) is 0. The van der Waals surface area contributed by atoms with Crippen molar-refractivity contribution in [2.45, 2.75) is 6.42 Å². The van der Waals surface area contributed by atoms with Crippen molar-refractivity contribution in [2.24, 2.45) is 0 Å². The summed E-state index contributed by atoms with van der Waals surface area (Å²) in [4.78, 5) is 21.6. The van der Waals surface area contributed by atoms with Gasteiger partial charge in [-0.05, 0) is 42.3 Å². The number of rotatable bonds is 5. The number of carbonyl (C=O) groups excluding carboxylic acids is 1. The lowest BCUT2D eigenvalue weighted by Gasteiger charge is -2.04. The molecule has 0 aliphatic rings. The Labute approximate surface area is 142 Å². The number of carbonyl (C=O) groups is 1. The van der Waals surface area contributed by atoms with Gasteiger partial charge in [-0.3, -0.25) is 4.79 Å². The summed E-state index contributed by atoms with van der Waals surface area (Å²) in [5.41, 5.74) is 7.24. The van der Waals surface area contributed by atoms with E-state index in [4.69, 9.17) is 5.73 Å². The highest BCUT2D eigenvalue weighted by Gasteiger charge is 2.11. The largest absolute Gasteiger partial charge is 0.368 e. The van der Waals surface area contributed by atoms with Crippen LogP contribution in [-0.2, 0) is 6.42 Å². The first-order valence-electron chi connectivity index (χ1n) is 7.33. The van der Waals surface area contributed by atoms with Crippen molar-refractivity contribution in [2.75, 3.05) is 12.3 Å². The van der Waals surface area contributed by atoms with E-state index in [-0.39, 0.29) is 17.7 Å². The summed E-state index contributed by atoms with van der Waals surface area (Å²) in [6, 6.07) is 11.6. The Kier molecular flexibility index (Phi) is 4.81. The molecule has 0 spiro atoms. The zero-order chi connectivity index (χ0) is 16.9. The van der Waals surface area contributed by atoms with Crippen LogP contribution >= 0.6 is 11.3 Å². The minimum Gasteiger partial charge on any atom is -0.368 e. The minimum atomic E-state index is -0.265. The third-order valence-electron chi connectivity index (χ3n) is 3.37. The van der Waals surface area contributed by atoms with Crippen molar-refractivity contribution in [1.29, 1.82) is 0 Å². The summed E-state index contributed by atoms with van der Waals surface area (Å²) < 4.78 is 12.8. The van der Waals surface area contributed by atoms with E-state index in [9.17, 15) is 9.18 Å². The Hall–Kier alpha value is -2.80. The van der Waals surface area contributed by atoms with Crippen LogP contribution in [0.4, 0.5) is 10.3 Å². The number of nitrogens with two attached hydrogens (primary N) is 1. The molecule has 122 valence electrons. The van der Waals surface area contributed by atoms with Gasteiger partial charge in [0.15, 0.2) is 0 Å². The van der Waals surface area contributed by atoms with Gasteiger partial charge in [-0.1, -0.05) is 12.1 Å². The lowest BCUT2D eigenvalue weighted by Crippen LogP contribution is -2.24. The van der Waals surface area contributed by atoms with Crippen molar-refractivity contribution in [3.63, 3.8) is 0 Å². The first-order valence-corrected chi connectivity index (χ1v) is 8.15. The molecule has 0 fully saturated rings. The fraction of sp³-hybridized carbons (Fsp3) is 0.118. The van der Waals surface area contributed by atoms with Gasteiger partial charge in [0.25, 0.3) is 5.91 Å². The van der Waals surface area contributed by atoms with Crippen LogP contribution in [0.25, 0.3) is 10.6 Å². The van der Waals surface area contributed by atoms with E-state index in [0.717, 1.165) is 10.4 Å². The Morgan fingerprint density at radius 1 is 1.17 bits per heavy atom. The van der Waals surface area contributed by atoms with Crippen molar-refractivity contribution in [3.8, 4) is 10.6 Å². The molecule has 5 nitrogen and oxygen atoms in total. The van der Waals surface area contributed by atoms with Crippen LogP contribution in [0.3, 0.4) is 0 Å². The third-order valence-corrected chi connectivity index (χ3v) is 4.48. The predicted octanol–water partition coefficient (Wildman–Crippen LogP) is 2.90. The number of thiophene rings is 1. The van der Waals surface area contributed by atoms with Crippen molar-refractivity contribution >= 4 is 23.2 Å². The lowest BCUT2D eigenvalue weighted by molar-refractivity contribution is 0.0958. The summed E-state index contributed by atoms with van der Waals surface area (Å²) in [5.74, 6) is -0.208. The number of amides is 1. The van der Waals surface area contributed by atoms with Crippen LogP contribution < -0.4 is 11.1 Å². The van der Waals surface area contributed by atoms with E-state index in [1.54, 1.807) is 30.5 Å². The molecule has 2 aromatic heterocycles. The van der Waals surface area contributed by atoms with E-state index in [1.165, 1.54) is 23.5 Å². The molecule has 7 heteroatoms. The number of aromatic nitrogens is 2. The molecule has 0 unspecified atom stereocenters. The first kappa shape index (κ1) is 16.1. The molecule has 2 heterocycles. The molecule has 3 N–H and O–H groups in total. The highest BCUT2D eigenvalue weighted by Crippen LogP contribution is 2.26. The normalized spacial score (nSPS) is 10.5. The van der Waals surface area contributed by atoms with Crippen LogP contribution in [0.5, 0.6) is 0 Å². The molecule has 3 rings (SSSR count). The molecular formula is C17H15FN4OS. The number of hydrogen-bond acceptors (Lipinski definition) is 5. The quantitative estimate of drug-likeness (QED) is 0.747. The van der Waals surface area contributed by atoms with E-state index < -0.39 is 0 Å². The maximum atomic E-state index is 12.8. The maximum Gasteiger partial charge on any atom is 0.261 e. The average molecular weight is 342 g/mol. The Balaban J connectivity index is 1.58.